The van der Waals surface area contributed by atoms with Crippen molar-refractivity contribution in [3.63, 3.8) is 0 Å². The minimum atomic E-state index is -0.709. The Labute approximate surface area is 196 Å². The maximum Gasteiger partial charge on any atom is 0.277 e. The van der Waals surface area contributed by atoms with Crippen LogP contribution < -0.4 is 20.7 Å². The van der Waals surface area contributed by atoms with Crippen molar-refractivity contribution in [2.75, 3.05) is 44.1 Å². The first-order valence-corrected chi connectivity index (χ1v) is 10.8. The van der Waals surface area contributed by atoms with Gasteiger partial charge in [-0.25, -0.2) is 9.07 Å². The molecular formula is C24H26FN5O4. The average Bonchev–Trinajstić information content (AvgIpc) is 3.24. The minimum absolute atomic E-state index is 0.0561. The maximum atomic E-state index is 14.7. The molecule has 0 radical (unpaired) electrons. The lowest BCUT2D eigenvalue weighted by atomic mass is 10.0. The molecule has 2 aromatic carbocycles. The second kappa shape index (κ2) is 9.92. The van der Waals surface area contributed by atoms with E-state index in [0.29, 0.717) is 47.9 Å². The summed E-state index contributed by atoms with van der Waals surface area (Å²) in [5.41, 5.74) is 7.65. The minimum Gasteiger partial charge on any atom is -0.497 e. The fraction of sp³-hybridized carbons (Fsp3) is 0.292. The van der Waals surface area contributed by atoms with Gasteiger partial charge in [0.2, 0.25) is 0 Å². The number of nitrogens with one attached hydrogen (secondary N) is 1. The number of hydrogen-bond donors (Lipinski definition) is 2. The van der Waals surface area contributed by atoms with E-state index < -0.39 is 17.6 Å². The highest BCUT2D eigenvalue weighted by Gasteiger charge is 2.34. The van der Waals surface area contributed by atoms with Crippen LogP contribution in [0, 0.1) is 5.82 Å². The topological polar surface area (TPSA) is 112 Å². The van der Waals surface area contributed by atoms with Crippen LogP contribution in [-0.2, 0) is 11.2 Å². The number of rotatable bonds is 9. The Morgan fingerprint density at radius 1 is 1.18 bits per heavy atom. The number of primary amides is 1. The summed E-state index contributed by atoms with van der Waals surface area (Å²) < 4.78 is 26.3. The molecule has 0 atom stereocenters. The van der Waals surface area contributed by atoms with Crippen molar-refractivity contribution in [3.8, 4) is 11.4 Å². The van der Waals surface area contributed by atoms with Gasteiger partial charge >= 0.3 is 0 Å². The highest BCUT2D eigenvalue weighted by atomic mass is 19.1. The Morgan fingerprint density at radius 3 is 2.56 bits per heavy atom. The second-order valence-electron chi connectivity index (χ2n) is 7.79. The van der Waals surface area contributed by atoms with Gasteiger partial charge in [-0.2, -0.15) is 5.10 Å². The highest BCUT2D eigenvalue weighted by molar-refractivity contribution is 6.09. The van der Waals surface area contributed by atoms with Crippen LogP contribution in [0.3, 0.4) is 0 Å². The number of benzene rings is 2. The molecule has 0 unspecified atom stereocenters. The lowest BCUT2D eigenvalue weighted by molar-refractivity contribution is 0.0972. The molecule has 178 valence electrons. The molecule has 0 bridgehead atoms. The van der Waals surface area contributed by atoms with Crippen molar-refractivity contribution in [1.29, 1.82) is 0 Å². The van der Waals surface area contributed by atoms with E-state index in [-0.39, 0.29) is 17.9 Å². The summed E-state index contributed by atoms with van der Waals surface area (Å²) in [7, 11) is 3.17. The van der Waals surface area contributed by atoms with E-state index in [1.165, 1.54) is 15.6 Å². The first-order chi connectivity index (χ1) is 16.4. The monoisotopic (exact) mass is 467 g/mol. The van der Waals surface area contributed by atoms with Gasteiger partial charge in [-0.05, 0) is 55.3 Å². The molecule has 1 aliphatic heterocycles. The number of carbonyl (C=O) groups excluding carboxylic acids is 2. The summed E-state index contributed by atoms with van der Waals surface area (Å²) in [6, 6.07) is 11.5. The summed E-state index contributed by atoms with van der Waals surface area (Å²) >= 11 is 0. The molecule has 9 nitrogen and oxygen atoms in total. The van der Waals surface area contributed by atoms with E-state index in [0.717, 1.165) is 6.42 Å². The van der Waals surface area contributed by atoms with Gasteiger partial charge < -0.3 is 25.4 Å². The van der Waals surface area contributed by atoms with Crippen LogP contribution in [-0.4, -0.2) is 55.5 Å². The third-order valence-electron chi connectivity index (χ3n) is 5.67. The summed E-state index contributed by atoms with van der Waals surface area (Å²) in [4.78, 5) is 27.0. The molecule has 2 amide bonds. The van der Waals surface area contributed by atoms with Gasteiger partial charge in [0.05, 0.1) is 18.5 Å². The molecule has 1 aliphatic rings. The third-order valence-corrected chi connectivity index (χ3v) is 5.67. The molecule has 0 spiro atoms. The zero-order chi connectivity index (χ0) is 24.2. The van der Waals surface area contributed by atoms with Crippen LogP contribution in [0.25, 0.3) is 5.69 Å². The van der Waals surface area contributed by atoms with Crippen LogP contribution in [0.1, 0.15) is 33.0 Å². The number of halogens is 1. The first-order valence-electron chi connectivity index (χ1n) is 10.8. The standard InChI is InChI=1S/C24H26FN5O4/c1-33-13-3-11-27-20-9-6-16(14-19(20)25)29-12-10-18-21(23(26)31)28-30(22(18)24(29)32)15-4-7-17(34-2)8-5-15/h4-9,14,27H,3,10-13H2,1-2H3,(H2,26,31). The molecule has 1 aromatic heterocycles. The number of ether oxygens (including phenoxy) is 2. The fourth-order valence-corrected chi connectivity index (χ4v) is 3.97. The van der Waals surface area contributed by atoms with Gasteiger partial charge in [0.25, 0.3) is 11.8 Å². The number of anilines is 2. The number of nitrogens with two attached hydrogens (primary N) is 1. The first kappa shape index (κ1) is 23.2. The zero-order valence-electron chi connectivity index (χ0n) is 19.0. The number of aromatic nitrogens is 2. The molecule has 10 heteroatoms. The van der Waals surface area contributed by atoms with Crippen molar-refractivity contribution in [3.05, 3.63) is 65.2 Å². The van der Waals surface area contributed by atoms with Gasteiger partial charge in [0.1, 0.15) is 17.3 Å². The van der Waals surface area contributed by atoms with E-state index >= 15 is 0 Å². The molecule has 0 saturated heterocycles. The summed E-state index contributed by atoms with van der Waals surface area (Å²) in [6.45, 7) is 1.40. The number of methoxy groups -OCH3 is 2. The van der Waals surface area contributed by atoms with Crippen molar-refractivity contribution in [1.82, 2.24) is 9.78 Å². The van der Waals surface area contributed by atoms with Crippen LogP contribution in [0.15, 0.2) is 42.5 Å². The number of fused-ring (bicyclic) bond motifs is 1. The molecule has 0 aliphatic carbocycles. The van der Waals surface area contributed by atoms with Crippen LogP contribution in [0.2, 0.25) is 0 Å². The molecule has 3 aromatic rings. The van der Waals surface area contributed by atoms with E-state index in [9.17, 15) is 14.0 Å². The van der Waals surface area contributed by atoms with E-state index in [1.54, 1.807) is 50.6 Å². The molecule has 0 saturated carbocycles. The summed E-state index contributed by atoms with van der Waals surface area (Å²) in [6.07, 6.45) is 1.09. The summed E-state index contributed by atoms with van der Waals surface area (Å²) in [5, 5.41) is 7.36. The zero-order valence-corrected chi connectivity index (χ0v) is 19.0. The van der Waals surface area contributed by atoms with E-state index in [4.69, 9.17) is 15.2 Å². The van der Waals surface area contributed by atoms with Crippen LogP contribution in [0.5, 0.6) is 5.75 Å². The third kappa shape index (κ3) is 4.44. The van der Waals surface area contributed by atoms with Gasteiger partial charge in [-0.15, -0.1) is 0 Å². The largest absolute Gasteiger partial charge is 0.497 e. The molecule has 3 N–H and O–H groups in total. The Morgan fingerprint density at radius 2 is 1.91 bits per heavy atom. The van der Waals surface area contributed by atoms with Crippen LogP contribution >= 0.6 is 0 Å². The van der Waals surface area contributed by atoms with E-state index in [2.05, 4.69) is 10.4 Å². The van der Waals surface area contributed by atoms with Crippen molar-refractivity contribution >= 4 is 23.2 Å². The van der Waals surface area contributed by atoms with Crippen molar-refractivity contribution in [2.45, 2.75) is 12.8 Å². The molecule has 0 fully saturated rings. The lowest BCUT2D eigenvalue weighted by Crippen LogP contribution is -2.39. The van der Waals surface area contributed by atoms with Gasteiger partial charge in [-0.1, -0.05) is 0 Å². The average molecular weight is 468 g/mol. The van der Waals surface area contributed by atoms with Crippen molar-refractivity contribution in [2.24, 2.45) is 5.73 Å². The fourth-order valence-electron chi connectivity index (χ4n) is 3.97. The molecule has 34 heavy (non-hydrogen) atoms. The Hall–Kier alpha value is -3.92. The maximum absolute atomic E-state index is 14.7. The molecule has 4 rings (SSSR count). The van der Waals surface area contributed by atoms with Gasteiger partial charge in [-0.3, -0.25) is 9.59 Å². The summed E-state index contributed by atoms with van der Waals surface area (Å²) in [5.74, 6) is -0.925. The predicted molar refractivity (Wildman–Crippen MR) is 125 cm³/mol. The number of amides is 2. The normalized spacial score (nSPS) is 13.0. The van der Waals surface area contributed by atoms with Gasteiger partial charge in [0.15, 0.2) is 5.69 Å². The van der Waals surface area contributed by atoms with Crippen LogP contribution in [0.4, 0.5) is 15.8 Å². The number of nitrogens with zero attached hydrogens (tertiary/aromatic N) is 3. The lowest BCUT2D eigenvalue weighted by Gasteiger charge is -2.28. The Balaban J connectivity index is 1.66. The van der Waals surface area contributed by atoms with Gasteiger partial charge in [0, 0.05) is 38.1 Å². The number of hydrogen-bond acceptors (Lipinski definition) is 6. The Bertz CT molecular complexity index is 1210. The number of carbonyl (C=O) groups is 2. The van der Waals surface area contributed by atoms with E-state index in [1.807, 2.05) is 0 Å². The smallest absolute Gasteiger partial charge is 0.277 e. The Kier molecular flexibility index (Phi) is 6.78. The predicted octanol–water partition coefficient (Wildman–Crippen LogP) is 2.77. The quantitative estimate of drug-likeness (QED) is 0.468. The highest BCUT2D eigenvalue weighted by Crippen LogP contribution is 2.30. The van der Waals surface area contributed by atoms with Crippen molar-refractivity contribution < 1.29 is 23.5 Å². The SMILES string of the molecule is COCCCNc1ccc(N2CCc3c(C(N)=O)nn(-c4ccc(OC)cc4)c3C2=O)cc1F. The molecule has 2 heterocycles. The molecular weight excluding hydrogens is 441 g/mol. The second-order valence-corrected chi connectivity index (χ2v) is 7.79.